The number of carbonyl (C=O) groups is 1. The highest BCUT2D eigenvalue weighted by Gasteiger charge is 2.35. The number of hydrogen-bond donors (Lipinski definition) is 1. The first kappa shape index (κ1) is 39.2. The molecule has 0 radical (unpaired) electrons. The smallest absolute Gasteiger partial charge is 0.322 e. The van der Waals surface area contributed by atoms with Crippen LogP contribution < -0.4 is 4.74 Å². The normalized spacial score (nSPS) is 13.1. The molecule has 3 aromatic carbocycles. The van der Waals surface area contributed by atoms with Gasteiger partial charge in [-0.1, -0.05) is 43.3 Å². The number of ether oxygens (including phenoxy) is 1. The summed E-state index contributed by atoms with van der Waals surface area (Å²) in [6.07, 6.45) is 2.06. The highest BCUT2D eigenvalue weighted by molar-refractivity contribution is 7.98. The van der Waals surface area contributed by atoms with Crippen LogP contribution in [0.1, 0.15) is 43.5 Å². The van der Waals surface area contributed by atoms with Crippen molar-refractivity contribution >= 4 is 39.4 Å². The summed E-state index contributed by atoms with van der Waals surface area (Å²) in [6.45, 7) is 4.51. The molecule has 1 atom stereocenters. The number of carboxylic acids is 1. The zero-order chi connectivity index (χ0) is 37.2. The van der Waals surface area contributed by atoms with Gasteiger partial charge in [-0.2, -0.15) is 4.31 Å². The summed E-state index contributed by atoms with van der Waals surface area (Å²) in [5.41, 5.74) is 0.948. The third kappa shape index (κ3) is 8.65. The fraction of sp³-hybridized carbons (Fsp3) is 0.371. The Labute approximate surface area is 300 Å². The van der Waals surface area contributed by atoms with Gasteiger partial charge in [-0.05, 0) is 66.9 Å². The van der Waals surface area contributed by atoms with Gasteiger partial charge in [-0.15, -0.1) is 0 Å². The molecule has 0 saturated heterocycles. The quantitative estimate of drug-likeness (QED) is 0.102. The van der Waals surface area contributed by atoms with E-state index in [2.05, 4.69) is 4.98 Å². The number of aliphatic carboxylic acids is 1. The Morgan fingerprint density at radius 2 is 1.70 bits per heavy atom. The minimum atomic E-state index is -4.58. The number of quaternary nitrogens is 1. The van der Waals surface area contributed by atoms with Gasteiger partial charge in [0.2, 0.25) is 10.0 Å². The molecule has 1 aromatic heterocycles. The minimum Gasteiger partial charge on any atom is -0.495 e. The predicted molar refractivity (Wildman–Crippen MR) is 188 cm³/mol. The number of likely N-dealkylation sites (N-methyl/N-ethyl adjacent to an activating group) is 1. The van der Waals surface area contributed by atoms with E-state index in [9.17, 15) is 22.7 Å². The number of carboxylic acid groups (broad SMARTS) is 1. The van der Waals surface area contributed by atoms with Crippen LogP contribution >= 0.6 is 23.4 Å². The maximum Gasteiger partial charge on any atom is 0.322 e. The monoisotopic (exact) mass is 753 g/mol. The number of rotatable bonds is 15. The van der Waals surface area contributed by atoms with Crippen LogP contribution in [0.25, 0.3) is 5.69 Å². The molecule has 9 nitrogen and oxygen atoms in total. The van der Waals surface area contributed by atoms with Gasteiger partial charge >= 0.3 is 5.97 Å². The average Bonchev–Trinajstić information content (AvgIpc) is 3.47. The summed E-state index contributed by atoms with van der Waals surface area (Å²) in [6, 6.07) is 11.0. The number of aromatic nitrogens is 2. The number of sulfonamides is 1. The third-order valence-corrected chi connectivity index (χ3v) is 11.6. The van der Waals surface area contributed by atoms with E-state index in [-0.39, 0.29) is 12.2 Å². The molecule has 0 saturated carbocycles. The average molecular weight is 754 g/mol. The van der Waals surface area contributed by atoms with Gasteiger partial charge < -0.3 is 14.3 Å². The molecule has 50 heavy (non-hydrogen) atoms. The maximum absolute atomic E-state index is 15.5. The third-order valence-electron chi connectivity index (χ3n) is 8.50. The van der Waals surface area contributed by atoms with Crippen LogP contribution in [0.4, 0.5) is 13.2 Å². The van der Waals surface area contributed by atoms with Crippen LogP contribution in [0.2, 0.25) is 5.02 Å². The SMILES string of the molecule is COc1cc(C(C)(C)c2cnc(SCc3c(F)cc(S(=O)(=O)N(C)[C@@H](CCC[N+](C)(C)C)C(=O)O)cc3F)n2-c2ccc(F)cc2)ccc1Cl. The van der Waals surface area contributed by atoms with Crippen LogP contribution in [0, 0.1) is 17.5 Å². The van der Waals surface area contributed by atoms with Gasteiger partial charge in [0.05, 0.1) is 56.6 Å². The molecular formula is C35H41ClF3N4O5S2+. The Balaban J connectivity index is 1.66. The minimum absolute atomic E-state index is 0.0192. The number of imidazole rings is 1. The zero-order valence-corrected chi connectivity index (χ0v) is 31.3. The van der Waals surface area contributed by atoms with E-state index in [4.69, 9.17) is 16.3 Å². The molecule has 0 bridgehead atoms. The van der Waals surface area contributed by atoms with Crippen molar-refractivity contribution in [3.05, 3.63) is 100 Å². The van der Waals surface area contributed by atoms with Crippen molar-refractivity contribution in [1.82, 2.24) is 13.9 Å². The number of nitrogens with zero attached hydrogens (tertiary/aromatic N) is 4. The van der Waals surface area contributed by atoms with E-state index >= 15 is 8.78 Å². The largest absolute Gasteiger partial charge is 0.495 e. The second kappa shape index (κ2) is 15.4. The van der Waals surface area contributed by atoms with Gasteiger partial charge in [-0.3, -0.25) is 9.36 Å². The molecule has 0 amide bonds. The Hall–Kier alpha value is -3.56. The molecule has 1 N–H and O–H groups in total. The van der Waals surface area contributed by atoms with Crippen LogP contribution in [0.15, 0.2) is 70.8 Å². The highest BCUT2D eigenvalue weighted by Crippen LogP contribution is 2.39. The fourth-order valence-corrected chi connectivity index (χ4v) is 8.04. The van der Waals surface area contributed by atoms with Crippen molar-refractivity contribution in [2.24, 2.45) is 0 Å². The highest BCUT2D eigenvalue weighted by atomic mass is 35.5. The zero-order valence-electron chi connectivity index (χ0n) is 28.9. The Bertz CT molecular complexity index is 1940. The van der Waals surface area contributed by atoms with E-state index in [1.807, 2.05) is 41.1 Å². The maximum atomic E-state index is 15.5. The van der Waals surface area contributed by atoms with Gasteiger partial charge in [0.25, 0.3) is 0 Å². The van der Waals surface area contributed by atoms with Crippen molar-refractivity contribution in [3.8, 4) is 11.4 Å². The molecule has 0 spiro atoms. The van der Waals surface area contributed by atoms with Crippen molar-refractivity contribution in [2.45, 2.75) is 54.0 Å². The van der Waals surface area contributed by atoms with Crippen molar-refractivity contribution in [1.29, 1.82) is 0 Å². The summed E-state index contributed by atoms with van der Waals surface area (Å²) in [5, 5.41) is 10.6. The summed E-state index contributed by atoms with van der Waals surface area (Å²) < 4.78 is 80.2. The number of thioether (sulfide) groups is 1. The molecule has 0 aliphatic carbocycles. The lowest BCUT2D eigenvalue weighted by Crippen LogP contribution is -2.43. The summed E-state index contributed by atoms with van der Waals surface area (Å²) in [5.74, 6) is -3.84. The lowest BCUT2D eigenvalue weighted by molar-refractivity contribution is -0.870. The second-order valence-electron chi connectivity index (χ2n) is 13.4. The first-order valence-corrected chi connectivity index (χ1v) is 18.4. The Morgan fingerprint density at radius 3 is 2.26 bits per heavy atom. The first-order valence-electron chi connectivity index (χ1n) is 15.6. The van der Waals surface area contributed by atoms with E-state index in [0.717, 1.165) is 24.4 Å². The van der Waals surface area contributed by atoms with Gasteiger partial charge in [0.15, 0.2) is 5.16 Å². The van der Waals surface area contributed by atoms with E-state index in [1.54, 1.807) is 35.0 Å². The number of hydrogen-bond acceptors (Lipinski definition) is 6. The lowest BCUT2D eigenvalue weighted by Gasteiger charge is -2.28. The molecule has 0 aliphatic heterocycles. The number of methoxy groups -OCH3 is 1. The number of halogens is 4. The number of benzene rings is 3. The molecule has 15 heteroatoms. The molecule has 0 fully saturated rings. The van der Waals surface area contributed by atoms with Gasteiger partial charge in [0.1, 0.15) is 29.2 Å². The standard InChI is InChI=1S/C35H40ClF3N4O5S2/c1-35(2,22-10-15-27(36)31(17-22)48-7)32-20-40-34(42(32)24-13-11-23(37)12-14-24)49-21-26-28(38)18-25(19-29(26)39)50(46,47)41(3)30(33(44)45)9-8-16-43(4,5)6/h10-15,17-20,30H,8-9,16,21H2,1-7H3/p+1/t30-/m0/s1. The Kier molecular flexibility index (Phi) is 12.0. The van der Waals surface area contributed by atoms with Crippen LogP contribution in [0.3, 0.4) is 0 Å². The molecule has 0 unspecified atom stereocenters. The summed E-state index contributed by atoms with van der Waals surface area (Å²) in [7, 11) is 3.81. The molecule has 4 aromatic rings. The topological polar surface area (TPSA) is 102 Å². The molecule has 4 rings (SSSR count). The van der Waals surface area contributed by atoms with Crippen molar-refractivity contribution in [2.75, 3.05) is 41.8 Å². The van der Waals surface area contributed by atoms with Crippen LogP contribution in [-0.2, 0) is 26.0 Å². The van der Waals surface area contributed by atoms with Gasteiger partial charge in [0, 0.05) is 29.5 Å². The fourth-order valence-electron chi connectivity index (χ4n) is 5.47. The van der Waals surface area contributed by atoms with E-state index in [0.29, 0.717) is 61.2 Å². The predicted octanol–water partition coefficient (Wildman–Crippen LogP) is 7.13. The molecule has 0 aliphatic rings. The van der Waals surface area contributed by atoms with Crippen molar-refractivity contribution < 1.29 is 40.7 Å². The van der Waals surface area contributed by atoms with E-state index < -0.39 is 55.4 Å². The van der Waals surface area contributed by atoms with E-state index in [1.165, 1.54) is 19.2 Å². The van der Waals surface area contributed by atoms with Crippen LogP contribution in [0.5, 0.6) is 5.75 Å². The van der Waals surface area contributed by atoms with Crippen molar-refractivity contribution in [3.63, 3.8) is 0 Å². The summed E-state index contributed by atoms with van der Waals surface area (Å²) in [4.78, 5) is 15.9. The first-order chi connectivity index (χ1) is 23.3. The molecular weight excluding hydrogens is 713 g/mol. The molecule has 270 valence electrons. The Morgan fingerprint density at radius 1 is 1.08 bits per heavy atom. The second-order valence-corrected chi connectivity index (χ2v) is 16.7. The van der Waals surface area contributed by atoms with Gasteiger partial charge in [-0.25, -0.2) is 26.6 Å². The summed E-state index contributed by atoms with van der Waals surface area (Å²) >= 11 is 7.27. The molecule has 1 heterocycles. The van der Waals surface area contributed by atoms with Crippen LogP contribution in [-0.4, -0.2) is 85.7 Å². The lowest BCUT2D eigenvalue weighted by atomic mass is 9.81.